The molecule has 0 saturated carbocycles. The van der Waals surface area contributed by atoms with Gasteiger partial charge in [-0.2, -0.15) is 0 Å². The number of halogens is 1. The van der Waals surface area contributed by atoms with E-state index in [1.54, 1.807) is 59.4 Å². The van der Waals surface area contributed by atoms with Crippen molar-refractivity contribution < 1.29 is 23.6 Å². The summed E-state index contributed by atoms with van der Waals surface area (Å²) in [7, 11) is 1.56. The van der Waals surface area contributed by atoms with E-state index in [2.05, 4.69) is 4.90 Å². The van der Waals surface area contributed by atoms with Crippen LogP contribution < -0.4 is 4.74 Å². The van der Waals surface area contributed by atoms with Crippen LogP contribution in [0.15, 0.2) is 72.8 Å². The Balaban J connectivity index is 1.38. The van der Waals surface area contributed by atoms with Crippen LogP contribution in [0.2, 0.25) is 0 Å². The van der Waals surface area contributed by atoms with Crippen LogP contribution in [-0.4, -0.2) is 77.8 Å². The quantitative estimate of drug-likeness (QED) is 0.314. The van der Waals surface area contributed by atoms with E-state index in [1.807, 2.05) is 0 Å². The van der Waals surface area contributed by atoms with Gasteiger partial charge in [0.15, 0.2) is 0 Å². The van der Waals surface area contributed by atoms with Gasteiger partial charge in [0.25, 0.3) is 17.5 Å². The first-order valence-corrected chi connectivity index (χ1v) is 12.3. The molecule has 38 heavy (non-hydrogen) atoms. The highest BCUT2D eigenvalue weighted by Gasteiger charge is 2.24. The summed E-state index contributed by atoms with van der Waals surface area (Å²) in [5, 5.41) is 11.0. The van der Waals surface area contributed by atoms with Crippen LogP contribution in [0, 0.1) is 15.9 Å². The zero-order valence-electron chi connectivity index (χ0n) is 21.1. The van der Waals surface area contributed by atoms with Gasteiger partial charge in [0.1, 0.15) is 11.6 Å². The van der Waals surface area contributed by atoms with E-state index in [0.29, 0.717) is 62.7 Å². The molecule has 0 bridgehead atoms. The first-order valence-electron chi connectivity index (χ1n) is 12.3. The summed E-state index contributed by atoms with van der Waals surface area (Å²) in [6, 6.07) is 18.8. The lowest BCUT2D eigenvalue weighted by atomic mass is 10.1. The maximum absolute atomic E-state index is 13.4. The SMILES string of the molecule is COc1ccc(C(=O)N(CCN2CCN(C(=O)c3cccc([N+](=O)[O-])c3)CC2)Cc2ccc(F)cc2)cc1. The van der Waals surface area contributed by atoms with E-state index >= 15 is 0 Å². The molecule has 1 aliphatic rings. The number of hydrogen-bond donors (Lipinski definition) is 0. The minimum Gasteiger partial charge on any atom is -0.497 e. The van der Waals surface area contributed by atoms with Crippen LogP contribution in [0.5, 0.6) is 5.75 Å². The third-order valence-corrected chi connectivity index (χ3v) is 6.56. The molecule has 0 spiro atoms. The lowest BCUT2D eigenvalue weighted by Gasteiger charge is -2.36. The van der Waals surface area contributed by atoms with Gasteiger partial charge in [-0.1, -0.05) is 18.2 Å². The van der Waals surface area contributed by atoms with Gasteiger partial charge < -0.3 is 14.5 Å². The maximum Gasteiger partial charge on any atom is 0.270 e. The molecular weight excluding hydrogens is 491 g/mol. The number of rotatable bonds is 9. The zero-order valence-corrected chi connectivity index (χ0v) is 21.1. The number of hydrogen-bond acceptors (Lipinski definition) is 6. The molecule has 0 aromatic heterocycles. The molecule has 1 heterocycles. The number of ether oxygens (including phenoxy) is 1. The van der Waals surface area contributed by atoms with E-state index in [-0.39, 0.29) is 23.3 Å². The molecule has 0 aliphatic carbocycles. The summed E-state index contributed by atoms with van der Waals surface area (Å²) in [5.74, 6) is -0.0547. The molecule has 0 radical (unpaired) electrons. The lowest BCUT2D eigenvalue weighted by molar-refractivity contribution is -0.384. The molecule has 4 rings (SSSR count). The van der Waals surface area contributed by atoms with Gasteiger partial charge in [0.05, 0.1) is 12.0 Å². The Morgan fingerprint density at radius 3 is 2.29 bits per heavy atom. The minimum absolute atomic E-state index is 0.114. The zero-order chi connectivity index (χ0) is 27.1. The largest absolute Gasteiger partial charge is 0.497 e. The van der Waals surface area contributed by atoms with Gasteiger partial charge in [-0.05, 0) is 48.0 Å². The van der Waals surface area contributed by atoms with E-state index < -0.39 is 4.92 Å². The molecule has 1 fully saturated rings. The Labute approximate surface area is 220 Å². The van der Waals surface area contributed by atoms with Crippen LogP contribution in [0.25, 0.3) is 0 Å². The van der Waals surface area contributed by atoms with Crippen molar-refractivity contribution in [3.05, 3.63) is 105 Å². The number of nitro benzene ring substituents is 1. The van der Waals surface area contributed by atoms with Gasteiger partial charge in [0, 0.05) is 69.1 Å². The van der Waals surface area contributed by atoms with Gasteiger partial charge in [-0.25, -0.2) is 4.39 Å². The van der Waals surface area contributed by atoms with Gasteiger partial charge in [0.2, 0.25) is 0 Å². The number of nitrogens with zero attached hydrogens (tertiary/aromatic N) is 4. The van der Waals surface area contributed by atoms with E-state index in [1.165, 1.54) is 30.3 Å². The average Bonchev–Trinajstić information content (AvgIpc) is 2.96. The van der Waals surface area contributed by atoms with Crippen molar-refractivity contribution in [2.45, 2.75) is 6.54 Å². The van der Waals surface area contributed by atoms with Crippen molar-refractivity contribution in [1.82, 2.24) is 14.7 Å². The topological polar surface area (TPSA) is 96.2 Å². The number of non-ortho nitro benzene ring substituents is 1. The predicted molar refractivity (Wildman–Crippen MR) is 140 cm³/mol. The van der Waals surface area contributed by atoms with Crippen LogP contribution in [-0.2, 0) is 6.54 Å². The standard InChI is InChI=1S/C28H29FN4O5/c1-38-26-11-7-22(8-12-26)27(34)32(20-21-5-9-24(29)10-6-21)18-15-30-13-16-31(17-14-30)28(35)23-3-2-4-25(19-23)33(36)37/h2-12,19H,13-18,20H2,1H3. The number of nitro groups is 1. The summed E-state index contributed by atoms with van der Waals surface area (Å²) < 4.78 is 18.6. The Bertz CT molecular complexity index is 1280. The highest BCUT2D eigenvalue weighted by Crippen LogP contribution is 2.18. The molecular formula is C28H29FN4O5. The Kier molecular flexibility index (Phi) is 8.65. The highest BCUT2D eigenvalue weighted by molar-refractivity contribution is 5.95. The van der Waals surface area contributed by atoms with Crippen molar-refractivity contribution in [3.63, 3.8) is 0 Å². The molecule has 10 heteroatoms. The fourth-order valence-electron chi connectivity index (χ4n) is 4.35. The Morgan fingerprint density at radius 1 is 0.974 bits per heavy atom. The number of amides is 2. The summed E-state index contributed by atoms with van der Waals surface area (Å²) in [4.78, 5) is 42.3. The molecule has 9 nitrogen and oxygen atoms in total. The molecule has 1 saturated heterocycles. The third kappa shape index (κ3) is 6.71. The summed E-state index contributed by atoms with van der Waals surface area (Å²) in [6.07, 6.45) is 0. The number of methoxy groups -OCH3 is 1. The fraction of sp³-hybridized carbons (Fsp3) is 0.286. The molecule has 3 aromatic carbocycles. The van der Waals surface area contributed by atoms with E-state index in [9.17, 15) is 24.1 Å². The van der Waals surface area contributed by atoms with Crippen LogP contribution in [0.3, 0.4) is 0 Å². The van der Waals surface area contributed by atoms with Gasteiger partial charge in [-0.15, -0.1) is 0 Å². The summed E-state index contributed by atoms with van der Waals surface area (Å²) in [5.41, 5.74) is 1.53. The van der Waals surface area contributed by atoms with Crippen molar-refractivity contribution in [3.8, 4) is 5.75 Å². The third-order valence-electron chi connectivity index (χ3n) is 6.56. The van der Waals surface area contributed by atoms with Crippen molar-refractivity contribution >= 4 is 17.5 Å². The Morgan fingerprint density at radius 2 is 1.66 bits per heavy atom. The van der Waals surface area contributed by atoms with Crippen LogP contribution in [0.1, 0.15) is 26.3 Å². The first-order chi connectivity index (χ1) is 18.3. The van der Waals surface area contributed by atoms with Crippen molar-refractivity contribution in [2.75, 3.05) is 46.4 Å². The molecule has 0 N–H and O–H groups in total. The minimum atomic E-state index is -0.514. The smallest absolute Gasteiger partial charge is 0.270 e. The van der Waals surface area contributed by atoms with Crippen molar-refractivity contribution in [1.29, 1.82) is 0 Å². The second-order valence-corrected chi connectivity index (χ2v) is 9.02. The highest BCUT2D eigenvalue weighted by atomic mass is 19.1. The van der Waals surface area contributed by atoms with Crippen LogP contribution in [0.4, 0.5) is 10.1 Å². The first kappa shape index (κ1) is 26.7. The molecule has 1 aliphatic heterocycles. The average molecular weight is 521 g/mol. The predicted octanol–water partition coefficient (Wildman–Crippen LogP) is 3.84. The molecule has 3 aromatic rings. The summed E-state index contributed by atoms with van der Waals surface area (Å²) in [6.45, 7) is 3.56. The number of benzene rings is 3. The van der Waals surface area contributed by atoms with E-state index in [0.717, 1.165) is 5.56 Å². The maximum atomic E-state index is 13.4. The molecule has 0 atom stereocenters. The normalized spacial score (nSPS) is 13.7. The summed E-state index contributed by atoms with van der Waals surface area (Å²) >= 11 is 0. The van der Waals surface area contributed by atoms with Crippen molar-refractivity contribution in [2.24, 2.45) is 0 Å². The van der Waals surface area contributed by atoms with Crippen LogP contribution >= 0.6 is 0 Å². The van der Waals surface area contributed by atoms with Gasteiger partial charge in [-0.3, -0.25) is 24.6 Å². The fourth-order valence-corrected chi connectivity index (χ4v) is 4.35. The second kappa shape index (κ2) is 12.3. The number of piperazine rings is 1. The molecule has 198 valence electrons. The number of carbonyl (C=O) groups excluding carboxylic acids is 2. The molecule has 2 amide bonds. The Hall–Kier alpha value is -4.31. The van der Waals surface area contributed by atoms with Gasteiger partial charge >= 0.3 is 0 Å². The molecule has 0 unspecified atom stereocenters. The monoisotopic (exact) mass is 520 g/mol. The second-order valence-electron chi connectivity index (χ2n) is 9.02. The van der Waals surface area contributed by atoms with E-state index in [4.69, 9.17) is 4.74 Å². The number of carbonyl (C=O) groups is 2. The lowest BCUT2D eigenvalue weighted by Crippen LogP contribution is -2.50.